The molecule has 0 aliphatic carbocycles. The quantitative estimate of drug-likeness (QED) is 0.881. The maximum absolute atomic E-state index is 11.7. The molecule has 1 fully saturated rings. The second kappa shape index (κ2) is 6.60. The maximum atomic E-state index is 11.7. The van der Waals surface area contributed by atoms with Crippen LogP contribution in [-0.2, 0) is 4.74 Å². The van der Waals surface area contributed by atoms with Gasteiger partial charge in [-0.05, 0) is 33.6 Å². The minimum absolute atomic E-state index is 0.228. The molecule has 3 N–H and O–H groups in total. The van der Waals surface area contributed by atoms with Crippen LogP contribution in [0.2, 0.25) is 0 Å². The first kappa shape index (κ1) is 15.3. The second-order valence-electron chi connectivity index (χ2n) is 5.23. The minimum atomic E-state index is -0.228. The molecule has 1 saturated heterocycles. The SMILES string of the molecule is CCOC(=O)N1CCC(Nc2nc(C)nc(N)c2C)CC1. The smallest absolute Gasteiger partial charge is 0.409 e. The first-order valence-electron chi connectivity index (χ1n) is 7.30. The van der Waals surface area contributed by atoms with Crippen molar-refractivity contribution < 1.29 is 9.53 Å². The van der Waals surface area contributed by atoms with Gasteiger partial charge in [-0.15, -0.1) is 0 Å². The topological polar surface area (TPSA) is 93.4 Å². The molecule has 1 aromatic heterocycles. The van der Waals surface area contributed by atoms with Crippen LogP contribution in [0.5, 0.6) is 0 Å². The van der Waals surface area contributed by atoms with Gasteiger partial charge < -0.3 is 20.7 Å². The van der Waals surface area contributed by atoms with Crippen LogP contribution >= 0.6 is 0 Å². The highest BCUT2D eigenvalue weighted by molar-refractivity contribution is 5.67. The lowest BCUT2D eigenvalue weighted by Gasteiger charge is -2.32. The van der Waals surface area contributed by atoms with Gasteiger partial charge in [-0.3, -0.25) is 0 Å². The first-order valence-corrected chi connectivity index (χ1v) is 7.30. The molecule has 7 nitrogen and oxygen atoms in total. The van der Waals surface area contributed by atoms with Crippen LogP contribution in [0, 0.1) is 13.8 Å². The molecule has 0 bridgehead atoms. The Hall–Kier alpha value is -2.05. The largest absolute Gasteiger partial charge is 0.450 e. The van der Waals surface area contributed by atoms with E-state index in [9.17, 15) is 4.79 Å². The van der Waals surface area contributed by atoms with Crippen LogP contribution in [0.1, 0.15) is 31.2 Å². The summed E-state index contributed by atoms with van der Waals surface area (Å²) in [6, 6.07) is 0.281. The number of hydrogen-bond acceptors (Lipinski definition) is 6. The zero-order valence-corrected chi connectivity index (χ0v) is 12.8. The van der Waals surface area contributed by atoms with Crippen LogP contribution < -0.4 is 11.1 Å². The number of hydrogen-bond donors (Lipinski definition) is 2. The van der Waals surface area contributed by atoms with Crippen LogP contribution in [0.15, 0.2) is 0 Å². The van der Waals surface area contributed by atoms with E-state index < -0.39 is 0 Å². The standard InChI is InChI=1S/C14H23N5O2/c1-4-21-14(20)19-7-5-11(6-8-19)18-13-9(2)12(15)16-10(3)17-13/h11H,4-8H2,1-3H3,(H3,15,16,17,18). The van der Waals surface area contributed by atoms with Crippen LogP contribution in [0.4, 0.5) is 16.4 Å². The number of carbonyl (C=O) groups is 1. The van der Waals surface area contributed by atoms with Crippen molar-refractivity contribution >= 4 is 17.7 Å². The van der Waals surface area contributed by atoms with E-state index in [4.69, 9.17) is 10.5 Å². The number of carbonyl (C=O) groups excluding carboxylic acids is 1. The third kappa shape index (κ3) is 3.74. The summed E-state index contributed by atoms with van der Waals surface area (Å²) in [6.07, 6.45) is 1.50. The predicted molar refractivity (Wildman–Crippen MR) is 81.2 cm³/mol. The van der Waals surface area contributed by atoms with Gasteiger partial charge in [0.15, 0.2) is 0 Å². The molecule has 0 aromatic carbocycles. The summed E-state index contributed by atoms with van der Waals surface area (Å²) in [4.78, 5) is 21.9. The number of aryl methyl sites for hydroxylation is 1. The first-order chi connectivity index (χ1) is 10.0. The number of rotatable bonds is 3. The van der Waals surface area contributed by atoms with Gasteiger partial charge in [0, 0.05) is 24.7 Å². The molecular formula is C14H23N5O2. The molecule has 1 amide bonds. The predicted octanol–water partition coefficient (Wildman–Crippen LogP) is 1.71. The molecule has 2 heterocycles. The summed E-state index contributed by atoms with van der Waals surface area (Å²) in [6.45, 7) is 7.34. The average molecular weight is 293 g/mol. The Morgan fingerprint density at radius 2 is 2.05 bits per heavy atom. The lowest BCUT2D eigenvalue weighted by atomic mass is 10.1. The highest BCUT2D eigenvalue weighted by Crippen LogP contribution is 2.21. The number of nitrogens with one attached hydrogen (secondary N) is 1. The summed E-state index contributed by atoms with van der Waals surface area (Å²) >= 11 is 0. The Kier molecular flexibility index (Phi) is 4.82. The Bertz CT molecular complexity index is 512. The highest BCUT2D eigenvalue weighted by atomic mass is 16.6. The molecule has 0 spiro atoms. The van der Waals surface area contributed by atoms with Crippen molar-refractivity contribution in [3.63, 3.8) is 0 Å². The second-order valence-corrected chi connectivity index (χ2v) is 5.23. The molecular weight excluding hydrogens is 270 g/mol. The van der Waals surface area contributed by atoms with Crippen LogP contribution in [0.25, 0.3) is 0 Å². The lowest BCUT2D eigenvalue weighted by molar-refractivity contribution is 0.0983. The Labute approximate surface area is 124 Å². The zero-order chi connectivity index (χ0) is 15.4. The highest BCUT2D eigenvalue weighted by Gasteiger charge is 2.24. The number of nitrogens with zero attached hydrogens (tertiary/aromatic N) is 3. The number of ether oxygens (including phenoxy) is 1. The van der Waals surface area contributed by atoms with Crippen LogP contribution in [0.3, 0.4) is 0 Å². The van der Waals surface area contributed by atoms with Gasteiger partial charge in [0.25, 0.3) is 0 Å². The van der Waals surface area contributed by atoms with E-state index in [-0.39, 0.29) is 12.1 Å². The van der Waals surface area contributed by atoms with Crippen molar-refractivity contribution in [1.82, 2.24) is 14.9 Å². The number of amides is 1. The van der Waals surface area contributed by atoms with E-state index in [1.165, 1.54) is 0 Å². The summed E-state index contributed by atoms with van der Waals surface area (Å²) in [5.74, 6) is 1.95. The average Bonchev–Trinajstić information content (AvgIpc) is 2.45. The van der Waals surface area contributed by atoms with Gasteiger partial charge in [-0.1, -0.05) is 0 Å². The number of nitrogens with two attached hydrogens (primary N) is 1. The van der Waals surface area contributed by atoms with E-state index >= 15 is 0 Å². The summed E-state index contributed by atoms with van der Waals surface area (Å²) in [5.41, 5.74) is 6.73. The fourth-order valence-electron chi connectivity index (χ4n) is 2.41. The van der Waals surface area contributed by atoms with Gasteiger partial charge >= 0.3 is 6.09 Å². The minimum Gasteiger partial charge on any atom is -0.450 e. The van der Waals surface area contributed by atoms with Crippen molar-refractivity contribution in [2.75, 3.05) is 30.7 Å². The summed E-state index contributed by atoms with van der Waals surface area (Å²) in [7, 11) is 0. The lowest BCUT2D eigenvalue weighted by Crippen LogP contribution is -2.42. The van der Waals surface area contributed by atoms with Crippen molar-refractivity contribution in [3.8, 4) is 0 Å². The van der Waals surface area contributed by atoms with Gasteiger partial charge in [-0.25, -0.2) is 14.8 Å². The molecule has 0 unspecified atom stereocenters. The Balaban J connectivity index is 1.93. The normalized spacial score (nSPS) is 15.9. The third-order valence-corrected chi connectivity index (χ3v) is 3.66. The molecule has 0 saturated carbocycles. The number of piperidine rings is 1. The Morgan fingerprint density at radius 1 is 1.38 bits per heavy atom. The van der Waals surface area contributed by atoms with E-state index in [0.717, 1.165) is 24.2 Å². The van der Waals surface area contributed by atoms with Crippen molar-refractivity contribution in [3.05, 3.63) is 11.4 Å². The number of anilines is 2. The number of likely N-dealkylation sites (tertiary alicyclic amines) is 1. The van der Waals surface area contributed by atoms with E-state index in [1.807, 2.05) is 20.8 Å². The van der Waals surface area contributed by atoms with E-state index in [1.54, 1.807) is 4.90 Å². The molecule has 21 heavy (non-hydrogen) atoms. The molecule has 2 rings (SSSR count). The van der Waals surface area contributed by atoms with Crippen molar-refractivity contribution in [1.29, 1.82) is 0 Å². The van der Waals surface area contributed by atoms with Crippen LogP contribution in [-0.4, -0.2) is 46.7 Å². The molecule has 1 aromatic rings. The van der Waals surface area contributed by atoms with E-state index in [2.05, 4.69) is 15.3 Å². The molecule has 0 atom stereocenters. The molecule has 1 aliphatic heterocycles. The number of nitrogen functional groups attached to an aromatic ring is 1. The maximum Gasteiger partial charge on any atom is 0.409 e. The molecule has 116 valence electrons. The Morgan fingerprint density at radius 3 is 2.67 bits per heavy atom. The fourth-order valence-corrected chi connectivity index (χ4v) is 2.41. The van der Waals surface area contributed by atoms with Gasteiger partial charge in [-0.2, -0.15) is 0 Å². The van der Waals surface area contributed by atoms with Gasteiger partial charge in [0.05, 0.1) is 6.61 Å². The monoisotopic (exact) mass is 293 g/mol. The summed E-state index contributed by atoms with van der Waals surface area (Å²) < 4.78 is 5.01. The van der Waals surface area contributed by atoms with Gasteiger partial charge in [0.1, 0.15) is 17.5 Å². The van der Waals surface area contributed by atoms with Crippen molar-refractivity contribution in [2.45, 2.75) is 39.7 Å². The third-order valence-electron chi connectivity index (χ3n) is 3.66. The fraction of sp³-hybridized carbons (Fsp3) is 0.643. The van der Waals surface area contributed by atoms with Crippen molar-refractivity contribution in [2.24, 2.45) is 0 Å². The summed E-state index contributed by atoms with van der Waals surface area (Å²) in [5, 5.41) is 3.41. The molecule has 7 heteroatoms. The van der Waals surface area contributed by atoms with E-state index in [0.29, 0.717) is 31.3 Å². The zero-order valence-electron chi connectivity index (χ0n) is 12.8. The molecule has 1 aliphatic rings. The van der Waals surface area contributed by atoms with Gasteiger partial charge in [0.2, 0.25) is 0 Å². The molecule has 0 radical (unpaired) electrons. The number of aromatic nitrogens is 2.